The van der Waals surface area contributed by atoms with E-state index in [0.717, 1.165) is 31.0 Å². The van der Waals surface area contributed by atoms with E-state index in [4.69, 9.17) is 4.74 Å². The normalized spacial score (nSPS) is 10.6. The Labute approximate surface area is 108 Å². The van der Waals surface area contributed by atoms with Gasteiger partial charge in [0.2, 0.25) is 5.88 Å². The highest BCUT2D eigenvalue weighted by molar-refractivity contribution is 5.18. The topological polar surface area (TPSA) is 27.1 Å². The van der Waals surface area contributed by atoms with E-state index >= 15 is 0 Å². The van der Waals surface area contributed by atoms with Crippen LogP contribution < -0.4 is 4.74 Å². The molecule has 2 rings (SSSR count). The second-order valence-electron chi connectivity index (χ2n) is 4.31. The molecule has 0 aliphatic carbocycles. The third-order valence-electron chi connectivity index (χ3n) is 2.83. The fourth-order valence-electron chi connectivity index (χ4n) is 1.90. The third-order valence-corrected chi connectivity index (χ3v) is 2.83. The van der Waals surface area contributed by atoms with E-state index in [9.17, 15) is 0 Å². The zero-order chi connectivity index (χ0) is 12.8. The number of hydrogen-bond acceptors (Lipinski definition) is 2. The molecule has 1 aromatic carbocycles. The Hall–Kier alpha value is -1.77. The maximum Gasteiger partial charge on any atom is 0.212 e. The van der Waals surface area contributed by atoms with E-state index < -0.39 is 0 Å². The van der Waals surface area contributed by atoms with Crippen LogP contribution >= 0.6 is 0 Å². The molecule has 0 spiro atoms. The molecule has 0 amide bonds. The van der Waals surface area contributed by atoms with E-state index in [2.05, 4.69) is 37.1 Å². The molecular weight excluding hydrogens is 224 g/mol. The maximum atomic E-state index is 5.84. The molecule has 0 fully saturated rings. The summed E-state index contributed by atoms with van der Waals surface area (Å²) < 4.78 is 7.77. The predicted molar refractivity (Wildman–Crippen MR) is 72.7 cm³/mol. The minimum absolute atomic E-state index is 0.595. The van der Waals surface area contributed by atoms with E-state index in [1.807, 2.05) is 22.9 Å². The maximum absolute atomic E-state index is 5.84. The van der Waals surface area contributed by atoms with Crippen LogP contribution in [-0.4, -0.2) is 9.78 Å². The van der Waals surface area contributed by atoms with Crippen molar-refractivity contribution in [1.82, 2.24) is 9.78 Å². The van der Waals surface area contributed by atoms with Crippen LogP contribution in [-0.2, 0) is 19.6 Å². The zero-order valence-electron chi connectivity index (χ0n) is 11.1. The molecule has 0 unspecified atom stereocenters. The molecule has 1 aromatic heterocycles. The summed E-state index contributed by atoms with van der Waals surface area (Å²) in [6, 6.07) is 12.3. The number of nitrogens with zero attached hydrogens (tertiary/aromatic N) is 2. The van der Waals surface area contributed by atoms with Crippen LogP contribution in [0.25, 0.3) is 0 Å². The van der Waals surface area contributed by atoms with Gasteiger partial charge in [0.15, 0.2) is 0 Å². The van der Waals surface area contributed by atoms with Crippen LogP contribution in [0.2, 0.25) is 0 Å². The Morgan fingerprint density at radius 3 is 2.61 bits per heavy atom. The van der Waals surface area contributed by atoms with Crippen LogP contribution in [0.15, 0.2) is 36.4 Å². The van der Waals surface area contributed by atoms with Gasteiger partial charge in [-0.1, -0.05) is 43.7 Å². The molecule has 0 bridgehead atoms. The van der Waals surface area contributed by atoms with E-state index in [-0.39, 0.29) is 0 Å². The van der Waals surface area contributed by atoms with Gasteiger partial charge < -0.3 is 4.74 Å². The molecule has 0 aliphatic heterocycles. The van der Waals surface area contributed by atoms with Crippen molar-refractivity contribution in [3.8, 4) is 5.88 Å². The van der Waals surface area contributed by atoms with Crippen LogP contribution in [0.4, 0.5) is 0 Å². The van der Waals surface area contributed by atoms with Gasteiger partial charge in [-0.15, -0.1) is 0 Å². The van der Waals surface area contributed by atoms with Gasteiger partial charge in [0.05, 0.1) is 5.69 Å². The van der Waals surface area contributed by atoms with E-state index in [1.54, 1.807) is 0 Å². The number of aromatic nitrogens is 2. The molecule has 0 atom stereocenters. The lowest BCUT2D eigenvalue weighted by molar-refractivity contribution is 0.274. The summed E-state index contributed by atoms with van der Waals surface area (Å²) >= 11 is 0. The first kappa shape index (κ1) is 12.7. The Bertz CT molecular complexity index is 476. The van der Waals surface area contributed by atoms with Gasteiger partial charge >= 0.3 is 0 Å². The highest BCUT2D eigenvalue weighted by atomic mass is 16.5. The minimum atomic E-state index is 0.595. The summed E-state index contributed by atoms with van der Waals surface area (Å²) in [4.78, 5) is 0. The first-order valence-corrected chi connectivity index (χ1v) is 6.57. The van der Waals surface area contributed by atoms with Gasteiger partial charge in [-0.2, -0.15) is 5.10 Å². The van der Waals surface area contributed by atoms with E-state index in [0.29, 0.717) is 6.61 Å². The zero-order valence-corrected chi connectivity index (χ0v) is 11.1. The predicted octanol–water partition coefficient (Wildman–Crippen LogP) is 3.43. The molecule has 0 saturated heterocycles. The Morgan fingerprint density at radius 1 is 1.17 bits per heavy atom. The van der Waals surface area contributed by atoms with Gasteiger partial charge in [0.25, 0.3) is 0 Å². The van der Waals surface area contributed by atoms with Crippen LogP contribution in [0.5, 0.6) is 5.88 Å². The molecular formula is C15H20N2O. The van der Waals surface area contributed by atoms with Gasteiger partial charge in [0.1, 0.15) is 6.61 Å². The molecule has 0 radical (unpaired) electrons. The molecule has 0 aliphatic rings. The Morgan fingerprint density at radius 2 is 1.94 bits per heavy atom. The van der Waals surface area contributed by atoms with Gasteiger partial charge in [-0.05, 0) is 18.9 Å². The number of aryl methyl sites for hydroxylation is 2. The summed E-state index contributed by atoms with van der Waals surface area (Å²) in [5.74, 6) is 0.866. The second kappa shape index (κ2) is 6.24. The Kier molecular flexibility index (Phi) is 4.40. The van der Waals surface area contributed by atoms with Crippen LogP contribution in [0.1, 0.15) is 31.5 Å². The Balaban J connectivity index is 2.04. The summed E-state index contributed by atoms with van der Waals surface area (Å²) in [6.45, 7) is 5.68. The van der Waals surface area contributed by atoms with Gasteiger partial charge in [0, 0.05) is 12.6 Å². The van der Waals surface area contributed by atoms with E-state index in [1.165, 1.54) is 5.56 Å². The molecule has 96 valence electrons. The van der Waals surface area contributed by atoms with Crippen molar-refractivity contribution >= 4 is 0 Å². The van der Waals surface area contributed by atoms with Crippen LogP contribution in [0, 0.1) is 0 Å². The van der Waals surface area contributed by atoms with Gasteiger partial charge in [-0.25, -0.2) is 4.68 Å². The first-order valence-electron chi connectivity index (χ1n) is 6.57. The number of hydrogen-bond donors (Lipinski definition) is 0. The SMILES string of the molecule is CCCc1cc(OCc2ccccc2)n(CC)n1. The second-order valence-corrected chi connectivity index (χ2v) is 4.31. The average molecular weight is 244 g/mol. The fourth-order valence-corrected chi connectivity index (χ4v) is 1.90. The fraction of sp³-hybridized carbons (Fsp3) is 0.400. The minimum Gasteiger partial charge on any atom is -0.473 e. The van der Waals surface area contributed by atoms with Crippen molar-refractivity contribution < 1.29 is 4.74 Å². The lowest BCUT2D eigenvalue weighted by atomic mass is 10.2. The highest BCUT2D eigenvalue weighted by Gasteiger charge is 2.07. The van der Waals surface area contributed by atoms with Gasteiger partial charge in [-0.3, -0.25) is 0 Å². The number of ether oxygens (including phenoxy) is 1. The molecule has 0 N–H and O–H groups in total. The molecule has 3 heteroatoms. The largest absolute Gasteiger partial charge is 0.473 e. The van der Waals surface area contributed by atoms with Crippen molar-refractivity contribution in [3.05, 3.63) is 47.7 Å². The first-order chi connectivity index (χ1) is 8.83. The third kappa shape index (κ3) is 3.13. The molecule has 2 aromatic rings. The lowest BCUT2D eigenvalue weighted by Gasteiger charge is -2.07. The van der Waals surface area contributed by atoms with Crippen LogP contribution in [0.3, 0.4) is 0 Å². The molecule has 18 heavy (non-hydrogen) atoms. The van der Waals surface area contributed by atoms with Crippen molar-refractivity contribution in [2.75, 3.05) is 0 Å². The van der Waals surface area contributed by atoms with Crippen molar-refractivity contribution in [3.63, 3.8) is 0 Å². The standard InChI is InChI=1S/C15H20N2O/c1-3-8-14-11-15(17(4-2)16-14)18-12-13-9-6-5-7-10-13/h5-7,9-11H,3-4,8,12H2,1-2H3. The monoisotopic (exact) mass is 244 g/mol. The van der Waals surface area contributed by atoms with Crippen molar-refractivity contribution in [2.45, 2.75) is 39.8 Å². The summed E-state index contributed by atoms with van der Waals surface area (Å²) in [7, 11) is 0. The summed E-state index contributed by atoms with van der Waals surface area (Å²) in [6.07, 6.45) is 2.12. The quantitative estimate of drug-likeness (QED) is 0.778. The lowest BCUT2D eigenvalue weighted by Crippen LogP contribution is -2.03. The number of rotatable bonds is 6. The molecule has 1 heterocycles. The average Bonchev–Trinajstić information content (AvgIpc) is 2.80. The smallest absolute Gasteiger partial charge is 0.212 e. The van der Waals surface area contributed by atoms with Crippen molar-refractivity contribution in [1.29, 1.82) is 0 Å². The molecule has 3 nitrogen and oxygen atoms in total. The summed E-state index contributed by atoms with van der Waals surface area (Å²) in [5, 5.41) is 4.52. The highest BCUT2D eigenvalue weighted by Crippen LogP contribution is 2.16. The summed E-state index contributed by atoms with van der Waals surface area (Å²) in [5.41, 5.74) is 2.29. The number of benzene rings is 1. The molecule has 0 saturated carbocycles. The van der Waals surface area contributed by atoms with Crippen molar-refractivity contribution in [2.24, 2.45) is 0 Å².